The maximum absolute atomic E-state index is 11.1. The molecule has 2 bridgehead atoms. The van der Waals surface area contributed by atoms with Crippen LogP contribution in [0, 0.1) is 17.3 Å². The summed E-state index contributed by atoms with van der Waals surface area (Å²) in [6.45, 7) is 10.7. The number of aliphatic hydroxyl groups is 2. The SMILES string of the molecule is CC(C)[C@@H]1CC=C2C[C@H]3OC(C[C@H]4O[C@@]34C)[C@](C)(O)C(O)CC21C. The normalized spacial score (nSPS) is 56.7. The molecule has 2 N–H and O–H groups in total. The van der Waals surface area contributed by atoms with Gasteiger partial charge in [0.05, 0.1) is 24.4 Å². The first-order valence-electron chi connectivity index (χ1n) is 9.52. The van der Waals surface area contributed by atoms with E-state index >= 15 is 0 Å². The largest absolute Gasteiger partial charge is 0.390 e. The van der Waals surface area contributed by atoms with E-state index in [9.17, 15) is 10.2 Å². The van der Waals surface area contributed by atoms with Crippen LogP contribution in [0.5, 0.6) is 0 Å². The molecule has 3 aliphatic heterocycles. The molecule has 24 heavy (non-hydrogen) atoms. The van der Waals surface area contributed by atoms with Crippen molar-refractivity contribution in [1.29, 1.82) is 0 Å². The van der Waals surface area contributed by atoms with Gasteiger partial charge in [-0.25, -0.2) is 0 Å². The Balaban J connectivity index is 1.75. The monoisotopic (exact) mass is 336 g/mol. The van der Waals surface area contributed by atoms with Gasteiger partial charge in [-0.1, -0.05) is 32.4 Å². The van der Waals surface area contributed by atoms with Crippen LogP contribution in [0.4, 0.5) is 0 Å². The Labute approximate surface area is 145 Å². The maximum atomic E-state index is 11.1. The minimum atomic E-state index is -1.24. The minimum absolute atomic E-state index is 0.0329. The quantitative estimate of drug-likeness (QED) is 0.571. The van der Waals surface area contributed by atoms with Gasteiger partial charge in [0.15, 0.2) is 0 Å². The highest BCUT2D eigenvalue weighted by Crippen LogP contribution is 2.58. The van der Waals surface area contributed by atoms with Gasteiger partial charge in [0.25, 0.3) is 0 Å². The zero-order valence-corrected chi connectivity index (χ0v) is 15.6. The van der Waals surface area contributed by atoms with Crippen LogP contribution in [0.15, 0.2) is 11.6 Å². The fraction of sp³-hybridized carbons (Fsp3) is 0.900. The van der Waals surface area contributed by atoms with E-state index in [4.69, 9.17) is 9.47 Å². The average Bonchev–Trinajstić information content (AvgIpc) is 3.05. The minimum Gasteiger partial charge on any atom is -0.390 e. The lowest BCUT2D eigenvalue weighted by Crippen LogP contribution is -2.56. The highest BCUT2D eigenvalue weighted by molar-refractivity contribution is 5.27. The first-order valence-corrected chi connectivity index (χ1v) is 9.52. The number of epoxide rings is 1. The van der Waals surface area contributed by atoms with E-state index in [0.29, 0.717) is 24.7 Å². The van der Waals surface area contributed by atoms with E-state index in [0.717, 1.165) is 12.8 Å². The first-order chi connectivity index (χ1) is 11.1. The molecule has 3 saturated heterocycles. The fourth-order valence-corrected chi connectivity index (χ4v) is 5.68. The summed E-state index contributed by atoms with van der Waals surface area (Å²) in [6, 6.07) is 0. The summed E-state index contributed by atoms with van der Waals surface area (Å²) < 4.78 is 12.3. The zero-order valence-electron chi connectivity index (χ0n) is 15.6. The molecule has 3 fully saturated rings. The number of allylic oxidation sites excluding steroid dienone is 1. The number of fused-ring (bicyclic) bond motifs is 5. The molecule has 4 heteroatoms. The number of aliphatic hydroxyl groups excluding tert-OH is 1. The maximum Gasteiger partial charge on any atom is 0.118 e. The Morgan fingerprint density at radius 3 is 2.54 bits per heavy atom. The molecule has 0 saturated carbocycles. The Morgan fingerprint density at radius 2 is 1.88 bits per heavy atom. The van der Waals surface area contributed by atoms with E-state index in [1.165, 1.54) is 5.57 Å². The third kappa shape index (κ3) is 2.19. The molecule has 4 nitrogen and oxygen atoms in total. The van der Waals surface area contributed by atoms with Crippen molar-refractivity contribution in [2.75, 3.05) is 0 Å². The predicted octanol–water partition coefficient (Wildman–Crippen LogP) is 2.82. The highest BCUT2D eigenvalue weighted by Gasteiger charge is 2.66. The van der Waals surface area contributed by atoms with Crippen molar-refractivity contribution in [2.24, 2.45) is 17.3 Å². The summed E-state index contributed by atoms with van der Waals surface area (Å²) in [6.07, 6.45) is 4.49. The summed E-state index contributed by atoms with van der Waals surface area (Å²) >= 11 is 0. The van der Waals surface area contributed by atoms with Crippen molar-refractivity contribution >= 4 is 0 Å². The molecule has 1 aliphatic carbocycles. The van der Waals surface area contributed by atoms with Crippen LogP contribution in [0.2, 0.25) is 0 Å². The average molecular weight is 336 g/mol. The molecule has 3 unspecified atom stereocenters. The molecule has 8 atom stereocenters. The van der Waals surface area contributed by atoms with Gasteiger partial charge in [0.2, 0.25) is 0 Å². The Bertz CT molecular complexity index is 568. The molecular weight excluding hydrogens is 304 g/mol. The summed E-state index contributed by atoms with van der Waals surface area (Å²) in [7, 11) is 0. The smallest absolute Gasteiger partial charge is 0.118 e. The second-order valence-electron chi connectivity index (χ2n) is 9.52. The number of ether oxygens (including phenoxy) is 2. The Hall–Kier alpha value is -0.420. The van der Waals surface area contributed by atoms with Crippen LogP contribution in [0.25, 0.3) is 0 Å². The van der Waals surface area contributed by atoms with E-state index in [2.05, 4.69) is 33.8 Å². The van der Waals surface area contributed by atoms with E-state index in [1.54, 1.807) is 6.92 Å². The van der Waals surface area contributed by atoms with Crippen molar-refractivity contribution in [3.63, 3.8) is 0 Å². The lowest BCUT2D eigenvalue weighted by molar-refractivity contribution is -0.190. The molecule has 4 aliphatic rings. The summed E-state index contributed by atoms with van der Waals surface area (Å²) in [5, 5.41) is 22.1. The zero-order chi connectivity index (χ0) is 17.5. The molecular formula is C20H32O4. The second kappa shape index (κ2) is 5.06. The topological polar surface area (TPSA) is 62.2 Å². The molecule has 0 spiro atoms. The van der Waals surface area contributed by atoms with Gasteiger partial charge in [0.1, 0.15) is 11.2 Å². The van der Waals surface area contributed by atoms with Gasteiger partial charge >= 0.3 is 0 Å². The van der Waals surface area contributed by atoms with Crippen molar-refractivity contribution in [1.82, 2.24) is 0 Å². The van der Waals surface area contributed by atoms with E-state index in [1.807, 2.05) is 0 Å². The van der Waals surface area contributed by atoms with Crippen LogP contribution in [-0.2, 0) is 9.47 Å². The van der Waals surface area contributed by atoms with Gasteiger partial charge in [-0.2, -0.15) is 0 Å². The molecule has 4 rings (SSSR count). The molecule has 0 aromatic heterocycles. The number of hydrogen-bond acceptors (Lipinski definition) is 4. The molecule has 0 aromatic carbocycles. The third-order valence-corrected chi connectivity index (χ3v) is 7.70. The van der Waals surface area contributed by atoms with Crippen LogP contribution in [-0.4, -0.2) is 45.8 Å². The van der Waals surface area contributed by atoms with Gasteiger partial charge in [-0.3, -0.25) is 0 Å². The standard InChI is InChI=1S/C20H32O4/c1-11(2)13-7-6-12-8-16-20(5)17(24-20)9-15(23-16)19(4,22)14(21)10-18(12,13)3/h6,11,13-17,21-22H,7-10H2,1-5H3/t13-,14?,15?,16+,17+,18?,19+,20-/m0/s1. The van der Waals surface area contributed by atoms with E-state index in [-0.39, 0.29) is 29.3 Å². The van der Waals surface area contributed by atoms with Gasteiger partial charge in [-0.05, 0) is 50.4 Å². The van der Waals surface area contributed by atoms with Crippen LogP contribution in [0.3, 0.4) is 0 Å². The van der Waals surface area contributed by atoms with Crippen molar-refractivity contribution < 1.29 is 19.7 Å². The number of hydrogen-bond donors (Lipinski definition) is 2. The summed E-state index contributed by atoms with van der Waals surface area (Å²) in [4.78, 5) is 0. The predicted molar refractivity (Wildman–Crippen MR) is 91.6 cm³/mol. The molecule has 0 amide bonds. The lowest BCUT2D eigenvalue weighted by Gasteiger charge is -2.43. The molecule has 3 heterocycles. The van der Waals surface area contributed by atoms with Gasteiger partial charge in [-0.15, -0.1) is 0 Å². The number of rotatable bonds is 1. The van der Waals surface area contributed by atoms with Crippen LogP contribution in [0.1, 0.15) is 60.3 Å². The highest BCUT2D eigenvalue weighted by atomic mass is 16.7. The summed E-state index contributed by atoms with van der Waals surface area (Å²) in [5.41, 5.74) is -0.161. The van der Waals surface area contributed by atoms with Crippen molar-refractivity contribution in [3.8, 4) is 0 Å². The fourth-order valence-electron chi connectivity index (χ4n) is 5.68. The van der Waals surface area contributed by atoms with Crippen LogP contribution >= 0.6 is 0 Å². The molecule has 136 valence electrons. The lowest BCUT2D eigenvalue weighted by atomic mass is 9.65. The molecule has 0 radical (unpaired) electrons. The van der Waals surface area contributed by atoms with Crippen LogP contribution < -0.4 is 0 Å². The van der Waals surface area contributed by atoms with Crippen molar-refractivity contribution in [2.45, 2.75) is 95.9 Å². The summed E-state index contributed by atoms with van der Waals surface area (Å²) in [5.74, 6) is 1.04. The van der Waals surface area contributed by atoms with E-state index < -0.39 is 11.7 Å². The van der Waals surface area contributed by atoms with Gasteiger partial charge in [0, 0.05) is 6.42 Å². The second-order valence-corrected chi connectivity index (χ2v) is 9.52. The Kier molecular flexibility index (Phi) is 3.59. The van der Waals surface area contributed by atoms with Gasteiger partial charge < -0.3 is 19.7 Å². The Morgan fingerprint density at radius 1 is 1.17 bits per heavy atom. The van der Waals surface area contributed by atoms with Crippen molar-refractivity contribution in [3.05, 3.63) is 11.6 Å². The molecule has 0 aromatic rings. The third-order valence-electron chi connectivity index (χ3n) is 7.70. The first kappa shape index (κ1) is 17.0.